The number of carbonyl (C=O) groups is 1. The van der Waals surface area contributed by atoms with Crippen LogP contribution in [0.15, 0.2) is 18.2 Å². The third-order valence-electron chi connectivity index (χ3n) is 2.84. The van der Waals surface area contributed by atoms with Gasteiger partial charge in [-0.25, -0.2) is 4.79 Å². The standard InChI is InChI=1S/C13H17NO4/c1-3-16-12(15)13(2,14)9-4-5-10-11(8-9)18-7-6-17-10/h4-5,8H,3,6-7,14H2,1-2H3. The first-order valence-electron chi connectivity index (χ1n) is 5.92. The zero-order chi connectivity index (χ0) is 13.2. The van der Waals surface area contributed by atoms with Gasteiger partial charge in [0.05, 0.1) is 6.61 Å². The Morgan fingerprint density at radius 1 is 1.39 bits per heavy atom. The fourth-order valence-electron chi connectivity index (χ4n) is 1.77. The molecule has 0 bridgehead atoms. The van der Waals surface area contributed by atoms with Crippen LogP contribution in [0.2, 0.25) is 0 Å². The second-order valence-electron chi connectivity index (χ2n) is 4.28. The lowest BCUT2D eigenvalue weighted by Gasteiger charge is -2.25. The van der Waals surface area contributed by atoms with E-state index in [1.54, 1.807) is 32.0 Å². The zero-order valence-electron chi connectivity index (χ0n) is 10.6. The predicted octanol–water partition coefficient (Wildman–Crippen LogP) is 1.19. The normalized spacial score (nSPS) is 16.8. The van der Waals surface area contributed by atoms with Gasteiger partial charge in [-0.1, -0.05) is 6.07 Å². The van der Waals surface area contributed by atoms with Crippen molar-refractivity contribution in [2.45, 2.75) is 19.4 Å². The Morgan fingerprint density at radius 2 is 2.06 bits per heavy atom. The van der Waals surface area contributed by atoms with Gasteiger partial charge in [0.2, 0.25) is 0 Å². The summed E-state index contributed by atoms with van der Waals surface area (Å²) in [6, 6.07) is 5.24. The minimum atomic E-state index is -1.19. The maximum absolute atomic E-state index is 11.8. The van der Waals surface area contributed by atoms with Gasteiger partial charge in [-0.15, -0.1) is 0 Å². The summed E-state index contributed by atoms with van der Waals surface area (Å²) in [5.74, 6) is 0.825. The average molecular weight is 251 g/mol. The monoisotopic (exact) mass is 251 g/mol. The van der Waals surface area contributed by atoms with Crippen LogP contribution in [0.5, 0.6) is 11.5 Å². The molecule has 1 unspecified atom stereocenters. The Bertz CT molecular complexity index is 456. The van der Waals surface area contributed by atoms with Gasteiger partial charge in [-0.05, 0) is 31.5 Å². The molecule has 5 heteroatoms. The van der Waals surface area contributed by atoms with Crippen LogP contribution >= 0.6 is 0 Å². The van der Waals surface area contributed by atoms with Crippen LogP contribution < -0.4 is 15.2 Å². The molecule has 2 N–H and O–H groups in total. The molecule has 0 amide bonds. The fraction of sp³-hybridized carbons (Fsp3) is 0.462. The van der Waals surface area contributed by atoms with E-state index in [1.165, 1.54) is 0 Å². The molecule has 0 spiro atoms. The van der Waals surface area contributed by atoms with Gasteiger partial charge in [0.25, 0.3) is 0 Å². The van der Waals surface area contributed by atoms with E-state index in [0.29, 0.717) is 36.9 Å². The maximum Gasteiger partial charge on any atom is 0.330 e. The highest BCUT2D eigenvalue weighted by Crippen LogP contribution is 2.33. The molecule has 0 saturated carbocycles. The van der Waals surface area contributed by atoms with Crippen molar-refractivity contribution < 1.29 is 19.0 Å². The van der Waals surface area contributed by atoms with Crippen LogP contribution in [0.1, 0.15) is 19.4 Å². The van der Waals surface area contributed by atoms with Gasteiger partial charge in [0.15, 0.2) is 11.5 Å². The molecule has 0 radical (unpaired) electrons. The minimum absolute atomic E-state index is 0.302. The summed E-state index contributed by atoms with van der Waals surface area (Å²) in [5, 5.41) is 0. The minimum Gasteiger partial charge on any atom is -0.486 e. The third kappa shape index (κ3) is 2.26. The lowest BCUT2D eigenvalue weighted by atomic mass is 9.93. The van der Waals surface area contributed by atoms with Crippen molar-refractivity contribution in [3.63, 3.8) is 0 Å². The number of esters is 1. The van der Waals surface area contributed by atoms with Crippen molar-refractivity contribution in [2.75, 3.05) is 19.8 Å². The first kappa shape index (κ1) is 12.7. The SMILES string of the molecule is CCOC(=O)C(C)(N)c1ccc2c(c1)OCCO2. The number of nitrogens with two attached hydrogens (primary N) is 1. The highest BCUT2D eigenvalue weighted by molar-refractivity contribution is 5.82. The van der Waals surface area contributed by atoms with Crippen molar-refractivity contribution in [1.82, 2.24) is 0 Å². The molecule has 0 aliphatic carbocycles. The molecule has 0 aromatic heterocycles. The summed E-state index contributed by atoms with van der Waals surface area (Å²) in [6.45, 7) is 4.70. The fourth-order valence-corrected chi connectivity index (χ4v) is 1.77. The summed E-state index contributed by atoms with van der Waals surface area (Å²) in [6.07, 6.45) is 0. The molecule has 18 heavy (non-hydrogen) atoms. The van der Waals surface area contributed by atoms with Crippen molar-refractivity contribution in [1.29, 1.82) is 0 Å². The summed E-state index contributed by atoms with van der Waals surface area (Å²) >= 11 is 0. The van der Waals surface area contributed by atoms with Crippen molar-refractivity contribution >= 4 is 5.97 Å². The van der Waals surface area contributed by atoms with Crippen LogP contribution in [0.3, 0.4) is 0 Å². The number of ether oxygens (including phenoxy) is 3. The lowest BCUT2D eigenvalue weighted by molar-refractivity contribution is -0.149. The second kappa shape index (κ2) is 4.86. The Labute approximate surface area is 106 Å². The predicted molar refractivity (Wildman–Crippen MR) is 65.6 cm³/mol. The smallest absolute Gasteiger partial charge is 0.330 e. The molecule has 1 aliphatic heterocycles. The van der Waals surface area contributed by atoms with Crippen LogP contribution in [0.4, 0.5) is 0 Å². The maximum atomic E-state index is 11.8. The largest absolute Gasteiger partial charge is 0.486 e. The van der Waals surface area contributed by atoms with Gasteiger partial charge < -0.3 is 19.9 Å². The summed E-state index contributed by atoms with van der Waals surface area (Å²) in [5.41, 5.74) is 5.48. The number of carbonyl (C=O) groups excluding carboxylic acids is 1. The number of benzene rings is 1. The molecule has 2 rings (SSSR count). The van der Waals surface area contributed by atoms with E-state index in [0.717, 1.165) is 0 Å². The molecule has 0 saturated heterocycles. The van der Waals surface area contributed by atoms with Crippen LogP contribution in [0.25, 0.3) is 0 Å². The molecule has 1 aromatic carbocycles. The Hall–Kier alpha value is -1.75. The highest BCUT2D eigenvalue weighted by atomic mass is 16.6. The van der Waals surface area contributed by atoms with E-state index >= 15 is 0 Å². The van der Waals surface area contributed by atoms with Gasteiger partial charge in [-0.3, -0.25) is 0 Å². The van der Waals surface area contributed by atoms with E-state index in [2.05, 4.69) is 0 Å². The molecule has 1 aliphatic rings. The van der Waals surface area contributed by atoms with E-state index in [9.17, 15) is 4.79 Å². The molecule has 1 aromatic rings. The first-order chi connectivity index (χ1) is 8.55. The first-order valence-corrected chi connectivity index (χ1v) is 5.92. The number of fused-ring (bicyclic) bond motifs is 1. The van der Waals surface area contributed by atoms with Crippen molar-refractivity contribution in [2.24, 2.45) is 5.73 Å². The van der Waals surface area contributed by atoms with Crippen LogP contribution in [-0.4, -0.2) is 25.8 Å². The van der Waals surface area contributed by atoms with Crippen molar-refractivity contribution in [3.05, 3.63) is 23.8 Å². The lowest BCUT2D eigenvalue weighted by Crippen LogP contribution is -2.43. The van der Waals surface area contributed by atoms with E-state index < -0.39 is 11.5 Å². The number of rotatable bonds is 3. The van der Waals surface area contributed by atoms with Gasteiger partial charge in [0, 0.05) is 0 Å². The molecular weight excluding hydrogens is 234 g/mol. The highest BCUT2D eigenvalue weighted by Gasteiger charge is 2.33. The topological polar surface area (TPSA) is 70.8 Å². The molecule has 1 atom stereocenters. The Kier molecular flexibility index (Phi) is 3.43. The van der Waals surface area contributed by atoms with E-state index in [-0.39, 0.29) is 0 Å². The zero-order valence-corrected chi connectivity index (χ0v) is 10.6. The molecule has 98 valence electrons. The number of hydrogen-bond acceptors (Lipinski definition) is 5. The Balaban J connectivity index is 2.30. The second-order valence-corrected chi connectivity index (χ2v) is 4.28. The number of hydrogen-bond donors (Lipinski definition) is 1. The average Bonchev–Trinajstić information content (AvgIpc) is 2.38. The van der Waals surface area contributed by atoms with Gasteiger partial charge in [-0.2, -0.15) is 0 Å². The van der Waals surface area contributed by atoms with Gasteiger partial charge >= 0.3 is 5.97 Å². The van der Waals surface area contributed by atoms with Crippen molar-refractivity contribution in [3.8, 4) is 11.5 Å². The third-order valence-corrected chi connectivity index (χ3v) is 2.84. The van der Waals surface area contributed by atoms with E-state index in [1.807, 2.05) is 0 Å². The molecule has 0 fully saturated rings. The summed E-state index contributed by atoms with van der Waals surface area (Å²) in [4.78, 5) is 11.8. The van der Waals surface area contributed by atoms with Gasteiger partial charge in [0.1, 0.15) is 18.8 Å². The van der Waals surface area contributed by atoms with E-state index in [4.69, 9.17) is 19.9 Å². The molecular formula is C13H17NO4. The Morgan fingerprint density at radius 3 is 2.72 bits per heavy atom. The van der Waals surface area contributed by atoms with Crippen LogP contribution in [-0.2, 0) is 15.1 Å². The quantitative estimate of drug-likeness (QED) is 0.817. The van der Waals surface area contributed by atoms with Crippen LogP contribution in [0, 0.1) is 0 Å². The summed E-state index contributed by atoms with van der Waals surface area (Å²) in [7, 11) is 0. The summed E-state index contributed by atoms with van der Waals surface area (Å²) < 4.78 is 15.9. The molecule has 5 nitrogen and oxygen atoms in total. The molecule has 1 heterocycles.